The molecule has 13 heteroatoms. The van der Waals surface area contributed by atoms with Gasteiger partial charge in [0.1, 0.15) is 27.8 Å². The van der Waals surface area contributed by atoms with Crippen LogP contribution >= 0.6 is 11.6 Å². The van der Waals surface area contributed by atoms with Gasteiger partial charge in [-0.15, -0.1) is 0 Å². The fourth-order valence-electron chi connectivity index (χ4n) is 4.90. The summed E-state index contributed by atoms with van der Waals surface area (Å²) in [6.07, 6.45) is 1.15. The summed E-state index contributed by atoms with van der Waals surface area (Å²) in [5, 5.41) is 16.7. The molecule has 38 heavy (non-hydrogen) atoms. The molecule has 0 unspecified atom stereocenters. The van der Waals surface area contributed by atoms with Crippen molar-refractivity contribution in [3.05, 3.63) is 61.3 Å². The topological polar surface area (TPSA) is 141 Å². The molecule has 2 saturated heterocycles. The minimum absolute atomic E-state index is 0.0315. The number of hydrogen-bond donors (Lipinski definition) is 3. The second-order valence-corrected chi connectivity index (χ2v) is 11.8. The van der Waals surface area contributed by atoms with E-state index in [1.165, 1.54) is 16.4 Å². The summed E-state index contributed by atoms with van der Waals surface area (Å²) in [5.74, 6) is 0.686. The lowest BCUT2D eigenvalue weighted by Gasteiger charge is -2.43. The Morgan fingerprint density at radius 3 is 2.63 bits per heavy atom. The average molecular weight is 565 g/mol. The molecule has 3 heterocycles. The Morgan fingerprint density at radius 2 is 1.92 bits per heavy atom. The van der Waals surface area contributed by atoms with Crippen LogP contribution in [0.3, 0.4) is 0 Å². The molecule has 0 saturated carbocycles. The first-order chi connectivity index (χ1) is 18.1. The molecule has 204 valence electrons. The number of nitrogens with one attached hydrogen (secondary N) is 2. The second-order valence-electron chi connectivity index (χ2n) is 9.51. The van der Waals surface area contributed by atoms with Crippen LogP contribution in [0.1, 0.15) is 37.3 Å². The van der Waals surface area contributed by atoms with E-state index in [2.05, 4.69) is 10.6 Å². The normalized spacial score (nSPS) is 19.8. The van der Waals surface area contributed by atoms with Crippen molar-refractivity contribution in [3.8, 4) is 5.75 Å². The molecule has 2 aliphatic heterocycles. The summed E-state index contributed by atoms with van der Waals surface area (Å²) in [5.41, 5.74) is -1.61. The zero-order chi connectivity index (χ0) is 27.2. The fourth-order valence-corrected chi connectivity index (χ4v) is 6.92. The predicted octanol–water partition coefficient (Wildman–Crippen LogP) is 2.90. The van der Waals surface area contributed by atoms with Crippen LogP contribution in [0.15, 0.2) is 43.2 Å². The molecule has 5 rings (SSSR count). The average Bonchev–Trinajstić information content (AvgIpc) is 3.34. The van der Waals surface area contributed by atoms with Gasteiger partial charge in [0.2, 0.25) is 10.0 Å². The van der Waals surface area contributed by atoms with Gasteiger partial charge in [0, 0.05) is 19.1 Å². The Morgan fingerprint density at radius 1 is 1.16 bits per heavy atom. The number of aromatic hydroxyl groups is 1. The standard InChI is InChI=1S/C25H29ClN4O7S/c1-3-17(19-7-4-14(2)37-19)27-20-21(24(33)23(20)32)28-18-6-5-16(26)25(22(18)31)38(34,35)30-9-8-15-12-36-11-10-29(15)13-30/h4-7,15,17,27-28,31H,3,8-13H2,1-2H3/t15-,17+/m0/s1. The highest BCUT2D eigenvalue weighted by Gasteiger charge is 2.38. The highest BCUT2D eigenvalue weighted by Crippen LogP contribution is 2.41. The predicted molar refractivity (Wildman–Crippen MR) is 143 cm³/mol. The molecule has 2 aliphatic rings. The zero-order valence-corrected chi connectivity index (χ0v) is 22.6. The van der Waals surface area contributed by atoms with E-state index in [4.69, 9.17) is 20.8 Å². The smallest absolute Gasteiger partial charge is 0.253 e. The van der Waals surface area contributed by atoms with Gasteiger partial charge in [-0.05, 0) is 44.0 Å². The minimum Gasteiger partial charge on any atom is -0.504 e. The number of phenolic OH excluding ortho intramolecular Hbond substituents is 1. The maximum Gasteiger partial charge on any atom is 0.253 e. The Balaban J connectivity index is 1.42. The van der Waals surface area contributed by atoms with E-state index < -0.39 is 31.5 Å². The minimum atomic E-state index is -4.18. The molecule has 3 aromatic rings. The molecule has 0 radical (unpaired) electrons. The van der Waals surface area contributed by atoms with Crippen molar-refractivity contribution in [2.24, 2.45) is 0 Å². The van der Waals surface area contributed by atoms with Crippen LogP contribution in [0.25, 0.3) is 0 Å². The monoisotopic (exact) mass is 564 g/mol. The number of nitrogens with zero attached hydrogens (tertiary/aromatic N) is 2. The molecule has 3 N–H and O–H groups in total. The maximum absolute atomic E-state index is 13.6. The first-order valence-corrected chi connectivity index (χ1v) is 14.2. The number of halogens is 1. The Bertz CT molecular complexity index is 1530. The Labute approximate surface area is 224 Å². The molecule has 2 aromatic carbocycles. The van der Waals surface area contributed by atoms with Crippen molar-refractivity contribution in [1.82, 2.24) is 9.21 Å². The molecular weight excluding hydrogens is 536 g/mol. The van der Waals surface area contributed by atoms with Crippen molar-refractivity contribution in [2.45, 2.75) is 43.7 Å². The van der Waals surface area contributed by atoms with Crippen LogP contribution in [0, 0.1) is 6.92 Å². The van der Waals surface area contributed by atoms with Gasteiger partial charge < -0.3 is 24.9 Å². The lowest BCUT2D eigenvalue weighted by Crippen LogP contribution is -2.56. The fraction of sp³-hybridized carbons (Fsp3) is 0.440. The van der Waals surface area contributed by atoms with Crippen LogP contribution in [0.5, 0.6) is 5.75 Å². The van der Waals surface area contributed by atoms with Crippen LogP contribution in [-0.4, -0.2) is 61.7 Å². The van der Waals surface area contributed by atoms with Gasteiger partial charge in [-0.1, -0.05) is 18.5 Å². The van der Waals surface area contributed by atoms with Gasteiger partial charge in [0.25, 0.3) is 10.9 Å². The molecule has 0 aliphatic carbocycles. The Hall–Kier alpha value is -2.90. The molecule has 2 atom stereocenters. The lowest BCUT2D eigenvalue weighted by molar-refractivity contribution is -0.0437. The number of aryl methyl sites for hydroxylation is 1. The van der Waals surface area contributed by atoms with Crippen LogP contribution < -0.4 is 21.5 Å². The number of benzene rings is 1. The van der Waals surface area contributed by atoms with E-state index in [1.54, 1.807) is 19.1 Å². The van der Waals surface area contributed by atoms with E-state index in [9.17, 15) is 23.1 Å². The maximum atomic E-state index is 13.6. The van der Waals surface area contributed by atoms with E-state index in [-0.39, 0.29) is 47.4 Å². The first kappa shape index (κ1) is 26.7. The van der Waals surface area contributed by atoms with Crippen molar-refractivity contribution < 1.29 is 22.7 Å². The van der Waals surface area contributed by atoms with Gasteiger partial charge in [0.15, 0.2) is 5.75 Å². The quantitative estimate of drug-likeness (QED) is 0.276. The number of furan rings is 1. The first-order valence-electron chi connectivity index (χ1n) is 12.4. The van der Waals surface area contributed by atoms with Gasteiger partial charge in [-0.3, -0.25) is 14.5 Å². The highest BCUT2D eigenvalue weighted by atomic mass is 35.5. The zero-order valence-electron chi connectivity index (χ0n) is 21.0. The third kappa shape index (κ3) is 4.71. The number of ether oxygens (including phenoxy) is 1. The SMILES string of the molecule is CC[C@@H](Nc1c(Nc2ccc(Cl)c(S(=O)(=O)N3CC[C@H]4COCCN4C3)c2O)c(=O)c1=O)c1ccc(C)o1. The summed E-state index contributed by atoms with van der Waals surface area (Å²) in [6.45, 7) is 5.78. The summed E-state index contributed by atoms with van der Waals surface area (Å²) in [6, 6.07) is 6.05. The molecule has 2 fully saturated rings. The highest BCUT2D eigenvalue weighted by molar-refractivity contribution is 7.89. The number of fused-ring (bicyclic) bond motifs is 1. The number of sulfonamides is 1. The molecule has 0 spiro atoms. The van der Waals surface area contributed by atoms with Crippen molar-refractivity contribution >= 4 is 38.7 Å². The summed E-state index contributed by atoms with van der Waals surface area (Å²) in [4.78, 5) is 26.4. The van der Waals surface area contributed by atoms with Crippen LogP contribution in [0.4, 0.5) is 17.1 Å². The van der Waals surface area contributed by atoms with Crippen LogP contribution in [0.2, 0.25) is 5.02 Å². The number of anilines is 3. The number of hydrogen-bond acceptors (Lipinski definition) is 10. The van der Waals surface area contributed by atoms with Gasteiger partial charge in [0.05, 0.1) is 36.6 Å². The van der Waals surface area contributed by atoms with Gasteiger partial charge in [-0.2, -0.15) is 4.31 Å². The second kappa shape index (κ2) is 10.3. The summed E-state index contributed by atoms with van der Waals surface area (Å²) >= 11 is 6.28. The lowest BCUT2D eigenvalue weighted by atomic mass is 10.1. The van der Waals surface area contributed by atoms with Crippen molar-refractivity contribution in [2.75, 3.05) is 43.6 Å². The van der Waals surface area contributed by atoms with E-state index in [0.717, 1.165) is 0 Å². The Kier molecular flexibility index (Phi) is 7.27. The summed E-state index contributed by atoms with van der Waals surface area (Å²) in [7, 11) is -4.18. The van der Waals surface area contributed by atoms with Gasteiger partial charge >= 0.3 is 0 Å². The van der Waals surface area contributed by atoms with E-state index >= 15 is 0 Å². The van der Waals surface area contributed by atoms with E-state index in [1.807, 2.05) is 11.8 Å². The largest absolute Gasteiger partial charge is 0.504 e. The third-order valence-corrected chi connectivity index (χ3v) is 9.42. The molecule has 1 aromatic heterocycles. The summed E-state index contributed by atoms with van der Waals surface area (Å²) < 4.78 is 39.6. The van der Waals surface area contributed by atoms with Crippen molar-refractivity contribution in [3.63, 3.8) is 0 Å². The molecule has 11 nitrogen and oxygen atoms in total. The number of rotatable bonds is 8. The molecular formula is C25H29ClN4O7S. The van der Waals surface area contributed by atoms with Gasteiger partial charge in [-0.25, -0.2) is 8.42 Å². The number of phenols is 1. The van der Waals surface area contributed by atoms with E-state index in [0.29, 0.717) is 44.1 Å². The van der Waals surface area contributed by atoms with Crippen LogP contribution in [-0.2, 0) is 14.8 Å². The molecule has 0 amide bonds. The third-order valence-electron chi connectivity index (χ3n) is 7.08. The number of morpholine rings is 1. The van der Waals surface area contributed by atoms with Crippen molar-refractivity contribution in [1.29, 1.82) is 0 Å². The molecule has 0 bridgehead atoms.